The van der Waals surface area contributed by atoms with Crippen molar-refractivity contribution in [2.75, 3.05) is 12.9 Å². The molecular formula is C26H24N4O6S. The highest BCUT2D eigenvalue weighted by Crippen LogP contribution is 2.15. The Hall–Kier alpha value is -4.51. The minimum Gasteiger partial charge on any atom is -0.465 e. The highest BCUT2D eigenvalue weighted by Gasteiger charge is 2.22. The molecule has 3 aromatic rings. The van der Waals surface area contributed by atoms with Gasteiger partial charge in [-0.2, -0.15) is 16.9 Å². The van der Waals surface area contributed by atoms with E-state index in [2.05, 4.69) is 20.6 Å². The van der Waals surface area contributed by atoms with Crippen molar-refractivity contribution in [2.24, 2.45) is 5.10 Å². The maximum Gasteiger partial charge on any atom is 0.337 e. The molecule has 37 heavy (non-hydrogen) atoms. The van der Waals surface area contributed by atoms with Gasteiger partial charge >= 0.3 is 5.97 Å². The third kappa shape index (κ3) is 8.29. The van der Waals surface area contributed by atoms with Crippen molar-refractivity contribution in [2.45, 2.75) is 11.8 Å². The molecule has 0 aliphatic carbocycles. The maximum atomic E-state index is 12.9. The Morgan fingerprint density at radius 1 is 1.00 bits per heavy atom. The molecule has 0 aliphatic rings. The third-order valence-electron chi connectivity index (χ3n) is 5.08. The molecule has 0 heterocycles. The van der Waals surface area contributed by atoms with Crippen LogP contribution < -0.4 is 10.7 Å². The summed E-state index contributed by atoms with van der Waals surface area (Å²) in [6.45, 7) is 0. The smallest absolute Gasteiger partial charge is 0.337 e. The lowest BCUT2D eigenvalue weighted by Gasteiger charge is -2.17. The summed E-state index contributed by atoms with van der Waals surface area (Å²) < 4.78 is 4.66. The van der Waals surface area contributed by atoms with Gasteiger partial charge in [-0.3, -0.25) is 19.7 Å². The molecular weight excluding hydrogens is 496 g/mol. The van der Waals surface area contributed by atoms with Crippen LogP contribution in [-0.2, 0) is 15.3 Å². The molecule has 10 nitrogen and oxygen atoms in total. The van der Waals surface area contributed by atoms with Gasteiger partial charge in [-0.15, -0.1) is 0 Å². The number of thioether (sulfide) groups is 1. The van der Waals surface area contributed by atoms with Crippen molar-refractivity contribution in [3.05, 3.63) is 111 Å². The molecule has 0 radical (unpaired) electrons. The van der Waals surface area contributed by atoms with Gasteiger partial charge in [0, 0.05) is 29.2 Å². The number of hydrogen-bond donors (Lipinski definition) is 2. The van der Waals surface area contributed by atoms with E-state index >= 15 is 0 Å². The van der Waals surface area contributed by atoms with Crippen LogP contribution in [0, 0.1) is 10.1 Å². The van der Waals surface area contributed by atoms with Gasteiger partial charge in [0.2, 0.25) is 0 Å². The Balaban J connectivity index is 1.65. The van der Waals surface area contributed by atoms with Gasteiger partial charge in [0.1, 0.15) is 6.04 Å². The zero-order valence-electron chi connectivity index (χ0n) is 19.8. The Labute approximate surface area is 217 Å². The first-order valence-corrected chi connectivity index (χ1v) is 12.2. The first kappa shape index (κ1) is 27.1. The summed E-state index contributed by atoms with van der Waals surface area (Å²) in [6.07, 6.45) is 1.41. The van der Waals surface area contributed by atoms with Gasteiger partial charge in [-0.25, -0.2) is 10.2 Å². The molecule has 0 spiro atoms. The van der Waals surface area contributed by atoms with Gasteiger partial charge in [0.25, 0.3) is 17.5 Å². The summed E-state index contributed by atoms with van der Waals surface area (Å²) in [7, 11) is 1.29. The standard InChI is InChI=1S/C26H24N4O6S/c1-36-26(33)21-9-7-18(8-10-21)15-27-29-25(32)23(17-37-16-19-5-3-2-4-6-19)28-24(31)20-11-13-22(14-12-20)30(34)35/h2-15,23H,16-17H2,1H3,(H,28,31)(H,29,32)/b27-15+. The average Bonchev–Trinajstić information content (AvgIpc) is 2.93. The number of nitrogens with one attached hydrogen (secondary N) is 2. The minimum absolute atomic E-state index is 0.141. The van der Waals surface area contributed by atoms with Crippen LogP contribution in [-0.4, -0.2) is 47.8 Å². The molecule has 0 aliphatic heterocycles. The van der Waals surface area contributed by atoms with E-state index in [1.54, 1.807) is 24.3 Å². The van der Waals surface area contributed by atoms with Gasteiger partial charge in [-0.05, 0) is 35.4 Å². The number of methoxy groups -OCH3 is 1. The van der Waals surface area contributed by atoms with Crippen LogP contribution in [0.2, 0.25) is 0 Å². The lowest BCUT2D eigenvalue weighted by Crippen LogP contribution is -2.47. The number of esters is 1. The summed E-state index contributed by atoms with van der Waals surface area (Å²) in [4.78, 5) is 47.4. The fourth-order valence-electron chi connectivity index (χ4n) is 3.10. The van der Waals surface area contributed by atoms with Crippen molar-refractivity contribution in [1.82, 2.24) is 10.7 Å². The predicted molar refractivity (Wildman–Crippen MR) is 140 cm³/mol. The van der Waals surface area contributed by atoms with E-state index in [0.717, 1.165) is 5.56 Å². The SMILES string of the molecule is COC(=O)c1ccc(/C=N/NC(=O)C(CSCc2ccccc2)NC(=O)c2ccc([N+](=O)[O-])cc2)cc1. The molecule has 3 aromatic carbocycles. The molecule has 3 rings (SSSR count). The van der Waals surface area contributed by atoms with Crippen LogP contribution in [0.5, 0.6) is 0 Å². The molecule has 1 atom stereocenters. The van der Waals surface area contributed by atoms with Crippen LogP contribution in [0.3, 0.4) is 0 Å². The summed E-state index contributed by atoms with van der Waals surface area (Å²) in [5.74, 6) is -0.635. The quantitative estimate of drug-likeness (QED) is 0.170. The molecule has 1 unspecified atom stereocenters. The first-order chi connectivity index (χ1) is 17.9. The largest absolute Gasteiger partial charge is 0.465 e. The van der Waals surface area contributed by atoms with Crippen molar-refractivity contribution in [1.29, 1.82) is 0 Å². The highest BCUT2D eigenvalue weighted by atomic mass is 32.2. The highest BCUT2D eigenvalue weighted by molar-refractivity contribution is 7.98. The molecule has 190 valence electrons. The van der Waals surface area contributed by atoms with Crippen molar-refractivity contribution >= 4 is 41.4 Å². The summed E-state index contributed by atoms with van der Waals surface area (Å²) in [5.41, 5.74) is 4.57. The number of rotatable bonds is 11. The number of hydrazone groups is 1. The Morgan fingerprint density at radius 3 is 2.27 bits per heavy atom. The summed E-state index contributed by atoms with van der Waals surface area (Å²) >= 11 is 1.46. The average molecular weight is 521 g/mol. The number of nitro groups is 1. The van der Waals surface area contributed by atoms with E-state index in [0.29, 0.717) is 16.9 Å². The minimum atomic E-state index is -0.921. The van der Waals surface area contributed by atoms with E-state index in [9.17, 15) is 24.5 Å². The molecule has 2 amide bonds. The molecule has 11 heteroatoms. The van der Waals surface area contributed by atoms with Gasteiger partial charge in [0.05, 0.1) is 23.8 Å². The zero-order valence-corrected chi connectivity index (χ0v) is 20.6. The van der Waals surface area contributed by atoms with Crippen LogP contribution in [0.1, 0.15) is 31.8 Å². The topological polar surface area (TPSA) is 140 Å². The molecule has 0 saturated heterocycles. The fourth-order valence-corrected chi connectivity index (χ4v) is 4.12. The zero-order chi connectivity index (χ0) is 26.6. The summed E-state index contributed by atoms with van der Waals surface area (Å²) in [5, 5.41) is 17.5. The van der Waals surface area contributed by atoms with Gasteiger partial charge < -0.3 is 10.1 Å². The number of carbonyl (C=O) groups is 3. The fraction of sp³-hybridized carbons (Fsp3) is 0.154. The van der Waals surface area contributed by atoms with Crippen LogP contribution in [0.4, 0.5) is 5.69 Å². The van der Waals surface area contributed by atoms with E-state index in [-0.39, 0.29) is 17.0 Å². The molecule has 0 bridgehead atoms. The monoisotopic (exact) mass is 520 g/mol. The maximum absolute atomic E-state index is 12.9. The number of non-ortho nitro benzene ring substituents is 1. The number of ether oxygens (including phenoxy) is 1. The lowest BCUT2D eigenvalue weighted by atomic mass is 10.1. The Morgan fingerprint density at radius 2 is 1.65 bits per heavy atom. The van der Waals surface area contributed by atoms with Crippen molar-refractivity contribution in [3.63, 3.8) is 0 Å². The number of amides is 2. The van der Waals surface area contributed by atoms with Crippen molar-refractivity contribution < 1.29 is 24.0 Å². The van der Waals surface area contributed by atoms with E-state index < -0.39 is 28.7 Å². The van der Waals surface area contributed by atoms with Crippen LogP contribution >= 0.6 is 11.8 Å². The number of nitrogens with zero attached hydrogens (tertiary/aromatic N) is 2. The third-order valence-corrected chi connectivity index (χ3v) is 6.18. The van der Waals surface area contributed by atoms with Crippen molar-refractivity contribution in [3.8, 4) is 0 Å². The normalized spacial score (nSPS) is 11.5. The number of hydrogen-bond acceptors (Lipinski definition) is 8. The van der Waals surface area contributed by atoms with Crippen LogP contribution in [0.25, 0.3) is 0 Å². The summed E-state index contributed by atoms with van der Waals surface area (Å²) in [6, 6.07) is 20.3. The number of nitro benzene ring substituents is 1. The molecule has 2 N–H and O–H groups in total. The Bertz CT molecular complexity index is 1260. The molecule has 0 saturated carbocycles. The predicted octanol–water partition coefficient (Wildman–Crippen LogP) is 3.56. The van der Waals surface area contributed by atoms with Crippen LogP contribution in [0.15, 0.2) is 84.0 Å². The second kappa shape index (κ2) is 13.5. The van der Waals surface area contributed by atoms with Gasteiger partial charge in [0.15, 0.2) is 0 Å². The van der Waals surface area contributed by atoms with E-state index in [1.165, 1.54) is 49.4 Å². The second-order valence-electron chi connectivity index (χ2n) is 7.68. The Kier molecular flexibility index (Phi) is 9.91. The van der Waals surface area contributed by atoms with Gasteiger partial charge in [-0.1, -0.05) is 42.5 Å². The number of carbonyl (C=O) groups excluding carboxylic acids is 3. The first-order valence-electron chi connectivity index (χ1n) is 11.1. The second-order valence-corrected chi connectivity index (χ2v) is 8.71. The van der Waals surface area contributed by atoms with E-state index in [4.69, 9.17) is 0 Å². The van der Waals surface area contributed by atoms with E-state index in [1.807, 2.05) is 30.3 Å². The number of benzene rings is 3. The molecule has 0 aromatic heterocycles. The lowest BCUT2D eigenvalue weighted by molar-refractivity contribution is -0.384. The molecule has 0 fully saturated rings.